The number of allylic oxidation sites excluding steroid dienone is 1. The van der Waals surface area contributed by atoms with Gasteiger partial charge in [-0.3, -0.25) is 0 Å². The molecule has 2 aromatic carbocycles. The molecule has 0 bridgehead atoms. The van der Waals surface area contributed by atoms with Crippen LogP contribution in [0.3, 0.4) is 0 Å². The zero-order chi connectivity index (χ0) is 29.1. The van der Waals surface area contributed by atoms with Crippen LogP contribution in [0, 0.1) is 11.8 Å². The van der Waals surface area contributed by atoms with Gasteiger partial charge in [0.05, 0.1) is 36.2 Å². The third kappa shape index (κ3) is 6.92. The van der Waals surface area contributed by atoms with Crippen LogP contribution in [0.25, 0.3) is 0 Å². The summed E-state index contributed by atoms with van der Waals surface area (Å²) in [4.78, 5) is 13.2. The second kappa shape index (κ2) is 12.5. The van der Waals surface area contributed by atoms with E-state index < -0.39 is 34.4 Å². The predicted molar refractivity (Wildman–Crippen MR) is 154 cm³/mol. The lowest BCUT2D eigenvalue weighted by Gasteiger charge is -2.31. The lowest BCUT2D eigenvalue weighted by Crippen LogP contribution is -2.51. The maximum Gasteiger partial charge on any atom is 0.407 e. The predicted octanol–water partition coefficient (Wildman–Crippen LogP) is 3.27. The Morgan fingerprint density at radius 3 is 2.73 bits per heavy atom. The summed E-state index contributed by atoms with van der Waals surface area (Å²) in [7, 11) is -3.95. The lowest BCUT2D eigenvalue weighted by atomic mass is 10.0. The first-order chi connectivity index (χ1) is 19.6. The van der Waals surface area contributed by atoms with Crippen LogP contribution in [0.1, 0.15) is 31.4 Å². The molecule has 3 heterocycles. The van der Waals surface area contributed by atoms with Gasteiger partial charge >= 0.3 is 6.09 Å². The average molecular weight is 586 g/mol. The topological polar surface area (TPSA) is 126 Å². The Kier molecular flexibility index (Phi) is 9.00. The highest BCUT2D eigenvalue weighted by Gasteiger charge is 2.44. The molecule has 0 spiro atoms. The van der Waals surface area contributed by atoms with E-state index in [1.165, 1.54) is 4.31 Å². The van der Waals surface area contributed by atoms with Crippen molar-refractivity contribution in [2.45, 2.75) is 62.5 Å². The minimum atomic E-state index is -3.95. The smallest absolute Gasteiger partial charge is 0.407 e. The summed E-state index contributed by atoms with van der Waals surface area (Å²) < 4.78 is 45.8. The van der Waals surface area contributed by atoms with E-state index in [2.05, 4.69) is 17.2 Å². The van der Waals surface area contributed by atoms with Gasteiger partial charge in [0.2, 0.25) is 10.0 Å². The van der Waals surface area contributed by atoms with E-state index in [1.54, 1.807) is 18.2 Å². The minimum Gasteiger partial charge on any atom is -0.443 e. The van der Waals surface area contributed by atoms with Crippen molar-refractivity contribution in [2.24, 2.45) is 11.8 Å². The third-order valence-electron chi connectivity index (χ3n) is 7.70. The van der Waals surface area contributed by atoms with Gasteiger partial charge in [-0.05, 0) is 48.1 Å². The molecule has 2 saturated heterocycles. The van der Waals surface area contributed by atoms with E-state index in [0.717, 1.165) is 28.9 Å². The molecule has 2 fully saturated rings. The van der Waals surface area contributed by atoms with Crippen molar-refractivity contribution in [3.63, 3.8) is 0 Å². The van der Waals surface area contributed by atoms with Gasteiger partial charge in [-0.15, -0.1) is 0 Å². The second-order valence-corrected chi connectivity index (χ2v) is 13.4. The molecule has 3 aliphatic rings. The Hall–Kier alpha value is -2.96. The maximum absolute atomic E-state index is 13.9. The standard InChI is InChI=1S/C30H39N3O7S/c1-19(2)16-33(41(36,37)23-9-10-25-22(15-23)13-20(3)31-25)17-27(34)26(14-21-7-5-4-6-8-21)32-30(35)40-28-18-39-29-24(28)11-12-38-29/h4-10,15,19,24,26-29,31,34H,3,11-14,16-18H2,1-2H3,(H,32,35)/t24-,26-,27+,28-,29+/m0/s1. The van der Waals surface area contributed by atoms with Crippen molar-refractivity contribution in [2.75, 3.05) is 31.6 Å². The summed E-state index contributed by atoms with van der Waals surface area (Å²) in [5.41, 5.74) is 3.40. The van der Waals surface area contributed by atoms with Gasteiger partial charge in [0, 0.05) is 30.9 Å². The van der Waals surface area contributed by atoms with Crippen LogP contribution in [0.4, 0.5) is 10.5 Å². The van der Waals surface area contributed by atoms with E-state index in [9.17, 15) is 18.3 Å². The first-order valence-corrected chi connectivity index (χ1v) is 15.5. The molecular weight excluding hydrogens is 546 g/mol. The highest BCUT2D eigenvalue weighted by atomic mass is 32.2. The average Bonchev–Trinajstić information content (AvgIpc) is 3.64. The van der Waals surface area contributed by atoms with Crippen LogP contribution in [-0.2, 0) is 37.1 Å². The van der Waals surface area contributed by atoms with Crippen LogP contribution < -0.4 is 10.6 Å². The zero-order valence-corrected chi connectivity index (χ0v) is 24.3. The van der Waals surface area contributed by atoms with Crippen LogP contribution in [-0.4, -0.2) is 74.8 Å². The van der Waals surface area contributed by atoms with Crippen molar-refractivity contribution < 1.29 is 32.5 Å². The molecule has 0 saturated carbocycles. The number of carbonyl (C=O) groups excluding carboxylic acids is 1. The van der Waals surface area contributed by atoms with Gasteiger partial charge in [-0.1, -0.05) is 50.8 Å². The number of sulfonamides is 1. The summed E-state index contributed by atoms with van der Waals surface area (Å²) in [6, 6.07) is 13.6. The van der Waals surface area contributed by atoms with E-state index in [4.69, 9.17) is 14.2 Å². The monoisotopic (exact) mass is 585 g/mol. The molecule has 10 nitrogen and oxygen atoms in total. The molecule has 3 N–H and O–H groups in total. The summed E-state index contributed by atoms with van der Waals surface area (Å²) in [5.74, 6) is -0.0214. The van der Waals surface area contributed by atoms with E-state index in [1.807, 2.05) is 44.2 Å². The maximum atomic E-state index is 13.9. The Morgan fingerprint density at radius 1 is 1.20 bits per heavy atom. The molecule has 222 valence electrons. The number of nitrogens with zero attached hydrogens (tertiary/aromatic N) is 1. The highest BCUT2D eigenvalue weighted by Crippen LogP contribution is 2.33. The molecule has 1 amide bonds. The number of aliphatic hydroxyl groups excluding tert-OH is 1. The molecule has 11 heteroatoms. The quantitative estimate of drug-likeness (QED) is 0.367. The fraction of sp³-hybridized carbons (Fsp3) is 0.500. The van der Waals surface area contributed by atoms with Crippen LogP contribution in [0.15, 0.2) is 65.7 Å². The number of rotatable bonds is 11. The summed E-state index contributed by atoms with van der Waals surface area (Å²) in [6.45, 7) is 8.59. The van der Waals surface area contributed by atoms with Crippen LogP contribution in [0.2, 0.25) is 0 Å². The third-order valence-corrected chi connectivity index (χ3v) is 9.53. The lowest BCUT2D eigenvalue weighted by molar-refractivity contribution is -0.0907. The van der Waals surface area contributed by atoms with Gasteiger partial charge < -0.3 is 30.0 Å². The van der Waals surface area contributed by atoms with Crippen molar-refractivity contribution in [3.8, 4) is 0 Å². The number of alkyl carbamates (subject to hydrolysis) is 1. The molecule has 0 aliphatic carbocycles. The Labute approximate surface area is 241 Å². The number of hydrogen-bond donors (Lipinski definition) is 3. The molecule has 0 radical (unpaired) electrons. The van der Waals surface area contributed by atoms with Crippen molar-refractivity contribution >= 4 is 21.8 Å². The van der Waals surface area contributed by atoms with Crippen molar-refractivity contribution in [3.05, 3.63) is 71.9 Å². The molecule has 3 aliphatic heterocycles. The minimum absolute atomic E-state index is 0.00212. The molecule has 2 aromatic rings. The first-order valence-electron chi connectivity index (χ1n) is 14.1. The van der Waals surface area contributed by atoms with Crippen LogP contribution in [0.5, 0.6) is 0 Å². The first kappa shape index (κ1) is 29.5. The number of amides is 1. The molecule has 5 atom stereocenters. The fourth-order valence-corrected chi connectivity index (χ4v) is 7.32. The Morgan fingerprint density at radius 2 is 1.98 bits per heavy atom. The molecule has 5 rings (SSSR count). The number of benzene rings is 2. The second-order valence-electron chi connectivity index (χ2n) is 11.4. The number of aliphatic hydroxyl groups is 1. The summed E-state index contributed by atoms with van der Waals surface area (Å²) >= 11 is 0. The number of ether oxygens (including phenoxy) is 3. The van der Waals surface area contributed by atoms with Crippen LogP contribution >= 0.6 is 0 Å². The fourth-order valence-electron chi connectivity index (χ4n) is 5.65. The summed E-state index contributed by atoms with van der Waals surface area (Å²) in [6.07, 6.45) is -1.12. The molecule has 0 aromatic heterocycles. The Bertz CT molecular complexity index is 1350. The SMILES string of the molecule is C=C1Cc2cc(S(=O)(=O)N(CC(C)C)C[C@@H](O)[C@H](Cc3ccccc3)NC(=O)O[C@H]3CO[C@H]4OCC[C@H]43)ccc2N1. The van der Waals surface area contributed by atoms with Gasteiger partial charge in [0.1, 0.15) is 6.10 Å². The molecule has 41 heavy (non-hydrogen) atoms. The van der Waals surface area contributed by atoms with Gasteiger partial charge in [0.15, 0.2) is 6.29 Å². The number of fused-ring (bicyclic) bond motifs is 2. The Balaban J connectivity index is 1.33. The van der Waals surface area contributed by atoms with E-state index >= 15 is 0 Å². The van der Waals surface area contributed by atoms with Gasteiger partial charge in [-0.25, -0.2) is 13.2 Å². The highest BCUT2D eigenvalue weighted by molar-refractivity contribution is 7.89. The normalized spacial score (nSPS) is 23.2. The van der Waals surface area contributed by atoms with E-state index in [-0.39, 0.29) is 49.1 Å². The number of carbonyl (C=O) groups is 1. The molecular formula is C30H39N3O7S. The number of anilines is 1. The van der Waals surface area contributed by atoms with Gasteiger partial charge in [-0.2, -0.15) is 4.31 Å². The number of hydrogen-bond acceptors (Lipinski definition) is 8. The number of nitrogens with one attached hydrogen (secondary N) is 2. The molecule has 0 unspecified atom stereocenters. The summed E-state index contributed by atoms with van der Waals surface area (Å²) in [5, 5.41) is 17.4. The zero-order valence-electron chi connectivity index (χ0n) is 23.5. The van der Waals surface area contributed by atoms with Crippen molar-refractivity contribution in [1.29, 1.82) is 0 Å². The largest absolute Gasteiger partial charge is 0.443 e. The van der Waals surface area contributed by atoms with Gasteiger partial charge in [0.25, 0.3) is 0 Å². The van der Waals surface area contributed by atoms with E-state index in [0.29, 0.717) is 13.0 Å². The van der Waals surface area contributed by atoms with Crippen molar-refractivity contribution in [1.82, 2.24) is 9.62 Å².